The molecular formula is C24H29ClN2O3. The average molecular weight is 429 g/mol. The molecule has 1 heterocycles. The third kappa shape index (κ3) is 4.34. The number of fused-ring (bicyclic) bond motifs is 2. The molecule has 5 atom stereocenters. The smallest absolute Gasteiger partial charge is 0.310 e. The Labute approximate surface area is 183 Å². The van der Waals surface area contributed by atoms with Gasteiger partial charge in [-0.3, -0.25) is 4.79 Å². The summed E-state index contributed by atoms with van der Waals surface area (Å²) in [5, 5.41) is 8.26. The number of benzene rings is 2. The van der Waals surface area contributed by atoms with E-state index in [0.29, 0.717) is 17.5 Å². The summed E-state index contributed by atoms with van der Waals surface area (Å²) in [6.07, 6.45) is 2.83. The molecule has 2 aromatic rings. The normalized spacial score (nSPS) is 28.0. The van der Waals surface area contributed by atoms with Gasteiger partial charge in [-0.05, 0) is 48.9 Å². The molecule has 1 aliphatic carbocycles. The molecule has 1 saturated heterocycles. The van der Waals surface area contributed by atoms with Crippen molar-refractivity contribution >= 4 is 17.6 Å². The summed E-state index contributed by atoms with van der Waals surface area (Å²) in [6.45, 7) is 0.668. The summed E-state index contributed by atoms with van der Waals surface area (Å²) in [4.78, 5) is 12.3. The van der Waals surface area contributed by atoms with Crippen LogP contribution in [0, 0.1) is 11.8 Å². The standard InChI is InChI=1S/C24H29ClN2O3/c1-29-21-11-9-18(25)12-17(21)14-26-22-16-8-10-19(24(28)30-2)20(13-16)27-23(22)15-6-4-3-5-7-15/h3-7,9,11-12,16,19-20,22-23,26-27H,8,10,13-14H2,1-2H3. The number of ether oxygens (including phenoxy) is 2. The number of carbonyl (C=O) groups excluding carboxylic acids is 1. The highest BCUT2D eigenvalue weighted by molar-refractivity contribution is 6.30. The fraction of sp³-hybridized carbons (Fsp3) is 0.458. The molecule has 2 N–H and O–H groups in total. The number of esters is 1. The van der Waals surface area contributed by atoms with Gasteiger partial charge in [0.05, 0.1) is 20.1 Å². The van der Waals surface area contributed by atoms with Crippen LogP contribution in [-0.2, 0) is 16.1 Å². The molecule has 0 radical (unpaired) electrons. The fourth-order valence-electron chi connectivity index (χ4n) is 5.11. The first-order valence-electron chi connectivity index (χ1n) is 10.6. The number of piperidine rings is 1. The Balaban J connectivity index is 1.58. The molecule has 2 bridgehead atoms. The van der Waals surface area contributed by atoms with E-state index in [0.717, 1.165) is 30.6 Å². The van der Waals surface area contributed by atoms with E-state index in [4.69, 9.17) is 21.1 Å². The largest absolute Gasteiger partial charge is 0.496 e. The van der Waals surface area contributed by atoms with Crippen LogP contribution in [0.3, 0.4) is 0 Å². The minimum absolute atomic E-state index is 0.0774. The van der Waals surface area contributed by atoms with E-state index >= 15 is 0 Å². The fourth-order valence-corrected chi connectivity index (χ4v) is 5.31. The summed E-state index contributed by atoms with van der Waals surface area (Å²) >= 11 is 6.22. The number of rotatable bonds is 6. The summed E-state index contributed by atoms with van der Waals surface area (Å²) in [6, 6.07) is 16.7. The first-order valence-corrected chi connectivity index (χ1v) is 10.9. The first-order chi connectivity index (χ1) is 14.6. The Morgan fingerprint density at radius 3 is 2.70 bits per heavy atom. The van der Waals surface area contributed by atoms with Gasteiger partial charge >= 0.3 is 5.97 Å². The number of hydrogen-bond acceptors (Lipinski definition) is 5. The Bertz CT molecular complexity index is 876. The van der Waals surface area contributed by atoms with Crippen LogP contribution in [0.4, 0.5) is 0 Å². The zero-order valence-corrected chi connectivity index (χ0v) is 18.2. The van der Waals surface area contributed by atoms with Gasteiger partial charge in [-0.25, -0.2) is 0 Å². The summed E-state index contributed by atoms with van der Waals surface area (Å²) in [5.41, 5.74) is 2.27. The lowest BCUT2D eigenvalue weighted by Gasteiger charge is -2.49. The summed E-state index contributed by atoms with van der Waals surface area (Å²) in [5.74, 6) is 1.13. The maximum atomic E-state index is 12.3. The van der Waals surface area contributed by atoms with Crippen LogP contribution < -0.4 is 15.4 Å². The second kappa shape index (κ2) is 9.38. The number of methoxy groups -OCH3 is 2. The van der Waals surface area contributed by atoms with Gasteiger partial charge in [0.1, 0.15) is 5.75 Å². The lowest BCUT2D eigenvalue weighted by atomic mass is 9.69. The van der Waals surface area contributed by atoms with Crippen LogP contribution in [0.25, 0.3) is 0 Å². The molecule has 0 spiro atoms. The average Bonchev–Trinajstić information content (AvgIpc) is 2.78. The van der Waals surface area contributed by atoms with Gasteiger partial charge in [-0.1, -0.05) is 41.9 Å². The second-order valence-electron chi connectivity index (χ2n) is 8.23. The van der Waals surface area contributed by atoms with E-state index in [-0.39, 0.29) is 30.0 Å². The number of halogens is 1. The van der Waals surface area contributed by atoms with Crippen LogP contribution in [0.5, 0.6) is 5.75 Å². The third-order valence-electron chi connectivity index (χ3n) is 6.58. The van der Waals surface area contributed by atoms with E-state index in [2.05, 4.69) is 34.9 Å². The number of nitrogens with one attached hydrogen (secondary N) is 2. The van der Waals surface area contributed by atoms with Crippen LogP contribution >= 0.6 is 11.6 Å². The molecule has 2 aromatic carbocycles. The Hall–Kier alpha value is -2.08. The molecule has 30 heavy (non-hydrogen) atoms. The molecule has 160 valence electrons. The van der Waals surface area contributed by atoms with E-state index in [1.807, 2.05) is 24.3 Å². The zero-order valence-electron chi connectivity index (χ0n) is 17.4. The van der Waals surface area contributed by atoms with Crippen LogP contribution in [0.1, 0.15) is 36.4 Å². The van der Waals surface area contributed by atoms with Crippen molar-refractivity contribution in [1.29, 1.82) is 0 Å². The van der Waals surface area contributed by atoms with Gasteiger partial charge < -0.3 is 20.1 Å². The molecule has 2 aliphatic rings. The lowest BCUT2D eigenvalue weighted by molar-refractivity contribution is -0.149. The molecule has 1 saturated carbocycles. The van der Waals surface area contributed by atoms with Gasteiger partial charge in [0.15, 0.2) is 0 Å². The van der Waals surface area contributed by atoms with Gasteiger partial charge in [0.2, 0.25) is 0 Å². The Morgan fingerprint density at radius 2 is 1.97 bits per heavy atom. The lowest BCUT2D eigenvalue weighted by Crippen LogP contribution is -2.60. The number of carbonyl (C=O) groups is 1. The minimum Gasteiger partial charge on any atom is -0.496 e. The van der Waals surface area contributed by atoms with Crippen LogP contribution in [-0.4, -0.2) is 32.3 Å². The summed E-state index contributed by atoms with van der Waals surface area (Å²) in [7, 11) is 3.16. The molecule has 2 fully saturated rings. The van der Waals surface area contributed by atoms with Crippen molar-refractivity contribution < 1.29 is 14.3 Å². The van der Waals surface area contributed by atoms with E-state index in [1.54, 1.807) is 7.11 Å². The summed E-state index contributed by atoms with van der Waals surface area (Å²) < 4.78 is 10.6. The molecule has 6 heteroatoms. The van der Waals surface area contributed by atoms with Crippen molar-refractivity contribution in [2.24, 2.45) is 11.8 Å². The maximum absolute atomic E-state index is 12.3. The maximum Gasteiger partial charge on any atom is 0.310 e. The molecule has 0 amide bonds. The van der Waals surface area contributed by atoms with Crippen molar-refractivity contribution in [3.8, 4) is 5.75 Å². The predicted molar refractivity (Wildman–Crippen MR) is 118 cm³/mol. The van der Waals surface area contributed by atoms with Gasteiger partial charge in [-0.2, -0.15) is 0 Å². The van der Waals surface area contributed by atoms with Crippen molar-refractivity contribution in [3.05, 3.63) is 64.7 Å². The molecular weight excluding hydrogens is 400 g/mol. The van der Waals surface area contributed by atoms with Crippen molar-refractivity contribution in [1.82, 2.24) is 10.6 Å². The third-order valence-corrected chi connectivity index (χ3v) is 6.82. The molecule has 0 aromatic heterocycles. The van der Waals surface area contributed by atoms with Gasteiger partial charge in [-0.15, -0.1) is 0 Å². The first kappa shape index (κ1) is 21.2. The van der Waals surface area contributed by atoms with E-state index in [9.17, 15) is 4.79 Å². The SMILES string of the molecule is COC(=O)C1CCC2CC1NC(c1ccccc1)C2NCc1cc(Cl)ccc1OC. The molecule has 4 rings (SSSR count). The quantitative estimate of drug-likeness (QED) is 0.678. The highest BCUT2D eigenvalue weighted by atomic mass is 35.5. The molecule has 1 aliphatic heterocycles. The Morgan fingerprint density at radius 1 is 1.17 bits per heavy atom. The highest BCUT2D eigenvalue weighted by Crippen LogP contribution is 2.41. The Kier molecular flexibility index (Phi) is 6.61. The zero-order chi connectivity index (χ0) is 21.1. The van der Waals surface area contributed by atoms with E-state index < -0.39 is 0 Å². The van der Waals surface area contributed by atoms with Crippen molar-refractivity contribution in [3.63, 3.8) is 0 Å². The van der Waals surface area contributed by atoms with Crippen LogP contribution in [0.15, 0.2) is 48.5 Å². The van der Waals surface area contributed by atoms with Crippen LogP contribution in [0.2, 0.25) is 5.02 Å². The highest BCUT2D eigenvalue weighted by Gasteiger charge is 2.46. The van der Waals surface area contributed by atoms with Gasteiger partial charge in [0.25, 0.3) is 0 Å². The number of hydrogen-bond donors (Lipinski definition) is 2. The molecule has 5 nitrogen and oxygen atoms in total. The predicted octanol–water partition coefficient (Wildman–Crippen LogP) is 4.11. The minimum atomic E-state index is -0.104. The molecule has 5 unspecified atom stereocenters. The van der Waals surface area contributed by atoms with Gasteiger partial charge in [0, 0.05) is 35.3 Å². The topological polar surface area (TPSA) is 59.6 Å². The van der Waals surface area contributed by atoms with E-state index in [1.165, 1.54) is 12.7 Å². The van der Waals surface area contributed by atoms with Crippen molar-refractivity contribution in [2.45, 2.75) is 43.9 Å². The van der Waals surface area contributed by atoms with Crippen molar-refractivity contribution in [2.75, 3.05) is 14.2 Å². The second-order valence-corrected chi connectivity index (χ2v) is 8.66. The monoisotopic (exact) mass is 428 g/mol.